The van der Waals surface area contributed by atoms with Crippen LogP contribution in [0.2, 0.25) is 0 Å². The Hall–Kier alpha value is -0.910. The number of rotatable bonds is 5. The van der Waals surface area contributed by atoms with Gasteiger partial charge in [0.15, 0.2) is 0 Å². The van der Waals surface area contributed by atoms with Gasteiger partial charge in [0.05, 0.1) is 4.47 Å². The number of nitrogens with two attached hydrogens (primary N) is 1. The SMILES string of the molecule is CCC(N)Cc1ccc(Br)cc1Oc1ccc(F)cc1Br. The first-order valence-electron chi connectivity index (χ1n) is 6.66. The fourth-order valence-electron chi connectivity index (χ4n) is 1.90. The molecule has 0 saturated heterocycles. The zero-order chi connectivity index (χ0) is 15.4. The lowest BCUT2D eigenvalue weighted by molar-refractivity contribution is 0.467. The molecule has 5 heteroatoms. The molecule has 0 radical (unpaired) electrons. The van der Waals surface area contributed by atoms with E-state index in [1.165, 1.54) is 12.1 Å². The van der Waals surface area contributed by atoms with Crippen molar-refractivity contribution in [1.29, 1.82) is 0 Å². The summed E-state index contributed by atoms with van der Waals surface area (Å²) in [5, 5.41) is 0. The number of benzene rings is 2. The van der Waals surface area contributed by atoms with Crippen LogP contribution in [0.25, 0.3) is 0 Å². The molecule has 1 unspecified atom stereocenters. The van der Waals surface area contributed by atoms with E-state index in [-0.39, 0.29) is 11.9 Å². The molecule has 2 aromatic rings. The Kier molecular flexibility index (Phi) is 5.79. The maximum atomic E-state index is 13.1. The number of hydrogen-bond acceptors (Lipinski definition) is 2. The van der Waals surface area contributed by atoms with Crippen molar-refractivity contribution >= 4 is 31.9 Å². The van der Waals surface area contributed by atoms with Crippen LogP contribution in [-0.4, -0.2) is 6.04 Å². The van der Waals surface area contributed by atoms with Crippen molar-refractivity contribution in [2.24, 2.45) is 5.73 Å². The third kappa shape index (κ3) is 4.53. The summed E-state index contributed by atoms with van der Waals surface area (Å²) in [5.41, 5.74) is 7.06. The van der Waals surface area contributed by atoms with Crippen LogP contribution in [0.15, 0.2) is 45.3 Å². The van der Waals surface area contributed by atoms with Crippen molar-refractivity contribution in [3.8, 4) is 11.5 Å². The molecular formula is C16H16Br2FNO. The van der Waals surface area contributed by atoms with E-state index < -0.39 is 0 Å². The summed E-state index contributed by atoms with van der Waals surface area (Å²) >= 11 is 6.75. The molecule has 0 heterocycles. The highest BCUT2D eigenvalue weighted by Gasteiger charge is 2.11. The zero-order valence-corrected chi connectivity index (χ0v) is 14.7. The van der Waals surface area contributed by atoms with Crippen LogP contribution in [0.3, 0.4) is 0 Å². The van der Waals surface area contributed by atoms with Gasteiger partial charge >= 0.3 is 0 Å². The van der Waals surface area contributed by atoms with Crippen LogP contribution in [0.4, 0.5) is 4.39 Å². The topological polar surface area (TPSA) is 35.2 Å². The highest BCUT2D eigenvalue weighted by molar-refractivity contribution is 9.10. The Morgan fingerprint density at radius 2 is 1.90 bits per heavy atom. The fraction of sp³-hybridized carbons (Fsp3) is 0.250. The van der Waals surface area contributed by atoms with Gasteiger partial charge in [-0.25, -0.2) is 4.39 Å². The molecule has 0 aliphatic rings. The summed E-state index contributed by atoms with van der Waals surface area (Å²) in [6.07, 6.45) is 1.63. The summed E-state index contributed by atoms with van der Waals surface area (Å²) < 4.78 is 20.6. The number of ether oxygens (including phenoxy) is 1. The maximum Gasteiger partial charge on any atom is 0.141 e. The Bertz CT molecular complexity index is 634. The van der Waals surface area contributed by atoms with Crippen LogP contribution in [0.5, 0.6) is 11.5 Å². The van der Waals surface area contributed by atoms with Gasteiger partial charge < -0.3 is 10.5 Å². The van der Waals surface area contributed by atoms with Crippen LogP contribution < -0.4 is 10.5 Å². The van der Waals surface area contributed by atoms with Crippen LogP contribution in [0, 0.1) is 5.82 Å². The largest absolute Gasteiger partial charge is 0.456 e. The van der Waals surface area contributed by atoms with Gasteiger partial charge in [0.2, 0.25) is 0 Å². The van der Waals surface area contributed by atoms with E-state index in [1.54, 1.807) is 6.07 Å². The van der Waals surface area contributed by atoms with Crippen molar-refractivity contribution in [3.05, 3.63) is 56.7 Å². The van der Waals surface area contributed by atoms with Gasteiger partial charge in [-0.3, -0.25) is 0 Å². The molecule has 0 saturated carbocycles. The average molecular weight is 417 g/mol. The molecule has 2 nitrogen and oxygen atoms in total. The molecule has 0 spiro atoms. The molecule has 112 valence electrons. The second-order valence-corrected chi connectivity index (χ2v) is 6.57. The molecule has 0 aromatic heterocycles. The lowest BCUT2D eigenvalue weighted by atomic mass is 10.0. The van der Waals surface area contributed by atoms with E-state index in [4.69, 9.17) is 10.5 Å². The Morgan fingerprint density at radius 1 is 1.14 bits per heavy atom. The van der Waals surface area contributed by atoms with E-state index in [9.17, 15) is 4.39 Å². The first-order valence-corrected chi connectivity index (χ1v) is 8.25. The van der Waals surface area contributed by atoms with Crippen molar-refractivity contribution in [1.82, 2.24) is 0 Å². The van der Waals surface area contributed by atoms with Crippen molar-refractivity contribution in [2.45, 2.75) is 25.8 Å². The van der Waals surface area contributed by atoms with Crippen LogP contribution in [0.1, 0.15) is 18.9 Å². The van der Waals surface area contributed by atoms with Gasteiger partial charge in [-0.1, -0.05) is 28.9 Å². The van der Waals surface area contributed by atoms with Gasteiger partial charge in [0.1, 0.15) is 17.3 Å². The van der Waals surface area contributed by atoms with E-state index in [1.807, 2.05) is 18.2 Å². The molecule has 1 atom stereocenters. The summed E-state index contributed by atoms with van der Waals surface area (Å²) in [6.45, 7) is 2.06. The first-order chi connectivity index (χ1) is 9.99. The molecule has 0 amide bonds. The van der Waals surface area contributed by atoms with Gasteiger partial charge in [0.25, 0.3) is 0 Å². The third-order valence-electron chi connectivity index (χ3n) is 3.15. The molecule has 0 aliphatic heterocycles. The quantitative estimate of drug-likeness (QED) is 0.705. The minimum atomic E-state index is -0.309. The van der Waals surface area contributed by atoms with Gasteiger partial charge in [0, 0.05) is 10.5 Å². The third-order valence-corrected chi connectivity index (χ3v) is 4.26. The highest BCUT2D eigenvalue weighted by atomic mass is 79.9. The Labute approximate surface area is 140 Å². The molecule has 2 rings (SSSR count). The predicted molar refractivity (Wildman–Crippen MR) is 90.3 cm³/mol. The minimum absolute atomic E-state index is 0.0881. The normalized spacial score (nSPS) is 12.2. The minimum Gasteiger partial charge on any atom is -0.456 e. The predicted octanol–water partition coefficient (Wildman–Crippen LogP) is 5.42. The first kappa shape index (κ1) is 16.5. The monoisotopic (exact) mass is 415 g/mol. The smallest absolute Gasteiger partial charge is 0.141 e. The molecule has 0 fully saturated rings. The Morgan fingerprint density at radius 3 is 2.57 bits per heavy atom. The van der Waals surface area contributed by atoms with Crippen molar-refractivity contribution < 1.29 is 9.13 Å². The molecule has 0 aliphatic carbocycles. The summed E-state index contributed by atoms with van der Waals surface area (Å²) in [5.74, 6) is 0.984. The summed E-state index contributed by atoms with van der Waals surface area (Å²) in [4.78, 5) is 0. The lowest BCUT2D eigenvalue weighted by Gasteiger charge is -2.15. The number of hydrogen-bond donors (Lipinski definition) is 1. The molecule has 0 bridgehead atoms. The van der Waals surface area contributed by atoms with Gasteiger partial charge in [-0.15, -0.1) is 0 Å². The standard InChI is InChI=1S/C16H16Br2FNO/c1-2-13(20)7-10-3-4-11(17)8-16(10)21-15-6-5-12(19)9-14(15)18/h3-6,8-9,13H,2,7,20H2,1H3. The second kappa shape index (κ2) is 7.38. The lowest BCUT2D eigenvalue weighted by Crippen LogP contribution is -2.21. The molecular weight excluding hydrogens is 401 g/mol. The van der Waals surface area contributed by atoms with E-state index in [0.29, 0.717) is 10.2 Å². The average Bonchev–Trinajstić information content (AvgIpc) is 2.44. The summed E-state index contributed by atoms with van der Waals surface area (Å²) in [7, 11) is 0. The maximum absolute atomic E-state index is 13.1. The van der Waals surface area contributed by atoms with Crippen LogP contribution >= 0.6 is 31.9 Å². The van der Waals surface area contributed by atoms with Crippen LogP contribution in [-0.2, 0) is 6.42 Å². The fourth-order valence-corrected chi connectivity index (χ4v) is 2.67. The van der Waals surface area contributed by atoms with E-state index in [0.717, 1.165) is 28.6 Å². The summed E-state index contributed by atoms with van der Waals surface area (Å²) in [6, 6.07) is 10.3. The van der Waals surface area contributed by atoms with Crippen molar-refractivity contribution in [2.75, 3.05) is 0 Å². The van der Waals surface area contributed by atoms with Gasteiger partial charge in [-0.2, -0.15) is 0 Å². The van der Waals surface area contributed by atoms with E-state index >= 15 is 0 Å². The number of halogens is 3. The van der Waals surface area contributed by atoms with Gasteiger partial charge in [-0.05, 0) is 64.7 Å². The van der Waals surface area contributed by atoms with Crippen molar-refractivity contribution in [3.63, 3.8) is 0 Å². The zero-order valence-electron chi connectivity index (χ0n) is 11.6. The van der Waals surface area contributed by atoms with E-state index in [2.05, 4.69) is 38.8 Å². The second-order valence-electron chi connectivity index (χ2n) is 4.80. The Balaban J connectivity index is 2.31. The molecule has 21 heavy (non-hydrogen) atoms. The molecule has 2 aromatic carbocycles. The highest BCUT2D eigenvalue weighted by Crippen LogP contribution is 2.34. The molecule has 2 N–H and O–H groups in total.